The summed E-state index contributed by atoms with van der Waals surface area (Å²) in [5, 5.41) is 15.9. The average molecular weight is 464 g/mol. The molecule has 1 unspecified atom stereocenters. The summed E-state index contributed by atoms with van der Waals surface area (Å²) >= 11 is 0. The number of nitrogens with two attached hydrogens (primary N) is 1. The number of fused-ring (bicyclic) bond motifs is 1. The number of amidine groups is 2. The van der Waals surface area contributed by atoms with Crippen LogP contribution in [0.3, 0.4) is 0 Å². The van der Waals surface area contributed by atoms with Crippen LogP contribution in [0.5, 0.6) is 5.75 Å². The number of anilines is 1. The van der Waals surface area contributed by atoms with E-state index in [-0.39, 0.29) is 18.3 Å². The van der Waals surface area contributed by atoms with Gasteiger partial charge in [0, 0.05) is 12.5 Å². The predicted molar refractivity (Wildman–Crippen MR) is 128 cm³/mol. The molecule has 2 heterocycles. The second-order valence-electron chi connectivity index (χ2n) is 8.48. The number of hydrogen-bond donors (Lipinski definition) is 2. The molecule has 176 valence electrons. The van der Waals surface area contributed by atoms with Gasteiger partial charge in [0.15, 0.2) is 5.84 Å². The lowest BCUT2D eigenvalue weighted by Gasteiger charge is -2.30. The van der Waals surface area contributed by atoms with E-state index >= 15 is 0 Å². The standard InChI is InChI=1S/C24H26FN7O2/c1-34-20-11-8-17(25)12-19(20)23(33)27-13-15-6-9-18(10-7-15)31-24-21(26)28-14-29-32(24)22(30-31)16-4-2-3-5-16/h6-12,14,16,24H,2-5,13H2,1H3,(H,27,33)(H2,26,28,29). The smallest absolute Gasteiger partial charge is 0.255 e. The molecule has 10 heteroatoms. The Morgan fingerprint density at radius 1 is 1.18 bits per heavy atom. The van der Waals surface area contributed by atoms with Crippen LogP contribution in [0.25, 0.3) is 0 Å². The maximum Gasteiger partial charge on any atom is 0.255 e. The molecule has 3 aliphatic rings. The lowest BCUT2D eigenvalue weighted by Crippen LogP contribution is -2.51. The van der Waals surface area contributed by atoms with E-state index in [1.807, 2.05) is 34.3 Å². The molecule has 0 bridgehead atoms. The first kappa shape index (κ1) is 21.9. The van der Waals surface area contributed by atoms with Crippen LogP contribution in [0.2, 0.25) is 0 Å². The number of rotatable bonds is 6. The van der Waals surface area contributed by atoms with Crippen LogP contribution in [0.4, 0.5) is 10.1 Å². The minimum Gasteiger partial charge on any atom is -0.496 e. The predicted octanol–water partition coefficient (Wildman–Crippen LogP) is 3.03. The Morgan fingerprint density at radius 2 is 1.94 bits per heavy atom. The molecule has 0 spiro atoms. The Balaban J connectivity index is 1.31. The van der Waals surface area contributed by atoms with Gasteiger partial charge in [-0.1, -0.05) is 25.0 Å². The summed E-state index contributed by atoms with van der Waals surface area (Å²) in [6.07, 6.45) is 5.66. The average Bonchev–Trinajstić information content (AvgIpc) is 3.52. The third kappa shape index (κ3) is 4.07. The van der Waals surface area contributed by atoms with Gasteiger partial charge in [0.2, 0.25) is 6.17 Å². The number of nitrogens with one attached hydrogen (secondary N) is 1. The van der Waals surface area contributed by atoms with Crippen molar-refractivity contribution in [2.24, 2.45) is 26.8 Å². The highest BCUT2D eigenvalue weighted by molar-refractivity contribution is 6.02. The topological polar surface area (TPSA) is 108 Å². The normalized spacial score (nSPS) is 19.6. The van der Waals surface area contributed by atoms with Gasteiger partial charge in [0.05, 0.1) is 18.4 Å². The molecule has 1 fully saturated rings. The largest absolute Gasteiger partial charge is 0.496 e. The molecule has 5 rings (SSSR count). The zero-order chi connectivity index (χ0) is 23.7. The Kier molecular flexibility index (Phi) is 5.87. The Labute approximate surface area is 196 Å². The van der Waals surface area contributed by atoms with Gasteiger partial charge in [-0.25, -0.2) is 19.4 Å². The summed E-state index contributed by atoms with van der Waals surface area (Å²) in [5.41, 5.74) is 8.11. The highest BCUT2D eigenvalue weighted by Crippen LogP contribution is 2.35. The number of hydrogen-bond acceptors (Lipinski definition) is 8. The van der Waals surface area contributed by atoms with Gasteiger partial charge in [0.1, 0.15) is 23.7 Å². The summed E-state index contributed by atoms with van der Waals surface area (Å²) < 4.78 is 18.8. The fourth-order valence-corrected chi connectivity index (χ4v) is 4.58. The van der Waals surface area contributed by atoms with Gasteiger partial charge in [0.25, 0.3) is 5.91 Å². The molecule has 2 aromatic rings. The van der Waals surface area contributed by atoms with Crippen LogP contribution in [0.1, 0.15) is 41.6 Å². The van der Waals surface area contributed by atoms with Gasteiger partial charge >= 0.3 is 0 Å². The van der Waals surface area contributed by atoms with E-state index in [4.69, 9.17) is 15.6 Å². The molecule has 34 heavy (non-hydrogen) atoms. The van der Waals surface area contributed by atoms with E-state index in [2.05, 4.69) is 15.4 Å². The molecule has 1 saturated carbocycles. The van der Waals surface area contributed by atoms with E-state index in [1.165, 1.54) is 38.4 Å². The van der Waals surface area contributed by atoms with Crippen molar-refractivity contribution in [3.8, 4) is 5.75 Å². The molecule has 2 aliphatic heterocycles. The molecule has 1 amide bonds. The Hall–Kier alpha value is -3.95. The third-order valence-corrected chi connectivity index (χ3v) is 6.34. The van der Waals surface area contributed by atoms with Crippen molar-refractivity contribution in [3.63, 3.8) is 0 Å². The monoisotopic (exact) mass is 463 g/mol. The summed E-state index contributed by atoms with van der Waals surface area (Å²) in [6, 6.07) is 11.5. The molecule has 0 radical (unpaired) electrons. The first-order valence-electron chi connectivity index (χ1n) is 11.3. The summed E-state index contributed by atoms with van der Waals surface area (Å²) in [7, 11) is 1.44. The van der Waals surface area contributed by atoms with Crippen LogP contribution in [-0.4, -0.2) is 42.2 Å². The molecule has 9 nitrogen and oxygen atoms in total. The van der Waals surface area contributed by atoms with Crippen molar-refractivity contribution in [1.82, 2.24) is 10.3 Å². The zero-order valence-electron chi connectivity index (χ0n) is 18.8. The minimum absolute atomic E-state index is 0.151. The van der Waals surface area contributed by atoms with E-state index in [0.29, 0.717) is 17.5 Å². The molecule has 1 atom stereocenters. The molecule has 0 saturated heterocycles. The van der Waals surface area contributed by atoms with Crippen molar-refractivity contribution in [3.05, 3.63) is 59.4 Å². The van der Waals surface area contributed by atoms with Crippen LogP contribution >= 0.6 is 0 Å². The first-order chi connectivity index (χ1) is 16.5. The highest BCUT2D eigenvalue weighted by atomic mass is 19.1. The number of benzene rings is 2. The van der Waals surface area contributed by atoms with Gasteiger partial charge in [-0.2, -0.15) is 10.2 Å². The maximum absolute atomic E-state index is 13.6. The molecular weight excluding hydrogens is 437 g/mol. The highest BCUT2D eigenvalue weighted by Gasteiger charge is 2.42. The summed E-state index contributed by atoms with van der Waals surface area (Å²) in [4.78, 5) is 16.7. The maximum atomic E-state index is 13.6. The quantitative estimate of drug-likeness (QED) is 0.685. The molecule has 0 aromatic heterocycles. The second kappa shape index (κ2) is 9.12. The summed E-state index contributed by atoms with van der Waals surface area (Å²) in [5.74, 6) is 1.14. The van der Waals surface area contributed by atoms with Crippen molar-refractivity contribution >= 4 is 29.6 Å². The van der Waals surface area contributed by atoms with Crippen molar-refractivity contribution in [1.29, 1.82) is 0 Å². The van der Waals surface area contributed by atoms with Gasteiger partial charge in [-0.15, -0.1) is 0 Å². The first-order valence-corrected chi connectivity index (χ1v) is 11.3. The fraction of sp³-hybridized carbons (Fsp3) is 0.333. The number of aliphatic imine (C=N–C) groups is 1. The number of amides is 1. The molecule has 3 N–H and O–H groups in total. The van der Waals surface area contributed by atoms with Crippen molar-refractivity contribution in [2.75, 3.05) is 12.1 Å². The lowest BCUT2D eigenvalue weighted by molar-refractivity contribution is 0.0947. The van der Waals surface area contributed by atoms with Crippen LogP contribution < -0.4 is 20.8 Å². The summed E-state index contributed by atoms with van der Waals surface area (Å²) in [6.45, 7) is 0.277. The van der Waals surface area contributed by atoms with Gasteiger partial charge < -0.3 is 15.8 Å². The number of carbonyl (C=O) groups is 1. The zero-order valence-corrected chi connectivity index (χ0v) is 18.8. The Bertz CT molecular complexity index is 1170. The number of halogens is 1. The van der Waals surface area contributed by atoms with E-state index in [0.717, 1.165) is 36.0 Å². The SMILES string of the molecule is COc1ccc(F)cc1C(=O)NCc1ccc(N2N=C(C3CCCC3)N3N=CN=C(N)C32)cc1. The van der Waals surface area contributed by atoms with E-state index < -0.39 is 11.7 Å². The Morgan fingerprint density at radius 3 is 2.68 bits per heavy atom. The van der Waals surface area contributed by atoms with Gasteiger partial charge in [-0.05, 0) is 48.7 Å². The van der Waals surface area contributed by atoms with Crippen molar-refractivity contribution < 1.29 is 13.9 Å². The molecule has 2 aromatic carbocycles. The lowest BCUT2D eigenvalue weighted by atomic mass is 10.1. The number of methoxy groups -OCH3 is 1. The van der Waals surface area contributed by atoms with Crippen LogP contribution in [0, 0.1) is 11.7 Å². The minimum atomic E-state index is -0.498. The van der Waals surface area contributed by atoms with Crippen LogP contribution in [-0.2, 0) is 6.54 Å². The molecular formula is C24H26FN7O2. The molecule has 1 aliphatic carbocycles. The van der Waals surface area contributed by atoms with Gasteiger partial charge in [-0.3, -0.25) is 4.79 Å². The number of ether oxygens (including phenoxy) is 1. The van der Waals surface area contributed by atoms with E-state index in [1.54, 1.807) is 0 Å². The third-order valence-electron chi connectivity index (χ3n) is 6.34. The van der Waals surface area contributed by atoms with E-state index in [9.17, 15) is 9.18 Å². The fourth-order valence-electron chi connectivity index (χ4n) is 4.58. The number of nitrogens with zero attached hydrogens (tertiary/aromatic N) is 5. The van der Waals surface area contributed by atoms with Crippen molar-refractivity contribution in [2.45, 2.75) is 38.4 Å². The second-order valence-corrected chi connectivity index (χ2v) is 8.48. The van der Waals surface area contributed by atoms with Crippen LogP contribution in [0.15, 0.2) is 57.7 Å². The number of hydrazone groups is 2. The number of carbonyl (C=O) groups excluding carboxylic acids is 1.